The number of hydrogen-bond acceptors (Lipinski definition) is 2. The summed E-state index contributed by atoms with van der Waals surface area (Å²) in [5.41, 5.74) is 1.32. The van der Waals surface area contributed by atoms with Gasteiger partial charge in [-0.05, 0) is 5.56 Å². The van der Waals surface area contributed by atoms with E-state index < -0.39 is 9.28 Å². The summed E-state index contributed by atoms with van der Waals surface area (Å²) < 4.78 is 9.50. The maximum absolute atomic E-state index is 4.75. The maximum Gasteiger partial charge on any atom is 0.397 e. The molecule has 3 heteroatoms. The van der Waals surface area contributed by atoms with Gasteiger partial charge in [0.15, 0.2) is 0 Å². The molecule has 0 spiro atoms. The zero-order valence-electron chi connectivity index (χ0n) is 5.49. The Kier molecular flexibility index (Phi) is 1.54. The summed E-state index contributed by atoms with van der Waals surface area (Å²) in [5.74, 6) is 0. The van der Waals surface area contributed by atoms with Crippen LogP contribution < -0.4 is 0 Å². The molecule has 1 aromatic rings. The molecule has 52 valence electrons. The smallest absolute Gasteiger partial charge is 0.261 e. The van der Waals surface area contributed by atoms with E-state index in [0.717, 1.165) is 6.04 Å². The molecular weight excluding hydrogens is 144 g/mol. The molecule has 0 radical (unpaired) electrons. The third kappa shape index (κ3) is 1.44. The van der Waals surface area contributed by atoms with Crippen molar-refractivity contribution >= 4 is 9.28 Å². The number of benzene rings is 1. The number of rotatable bonds is 2. The summed E-state index contributed by atoms with van der Waals surface area (Å²) in [6.07, 6.45) is 0. The van der Waals surface area contributed by atoms with E-state index in [2.05, 4.69) is 12.1 Å². The van der Waals surface area contributed by atoms with Crippen LogP contribution in [0.3, 0.4) is 0 Å². The van der Waals surface area contributed by atoms with Gasteiger partial charge in [-0.3, -0.25) is 9.15 Å². The van der Waals surface area contributed by atoms with Crippen LogP contribution in [0, 0.1) is 0 Å². The monoisotopic (exact) mass is 152 g/mol. The Morgan fingerprint density at radius 1 is 1.10 bits per heavy atom. The third-order valence-electron chi connectivity index (χ3n) is 1.48. The van der Waals surface area contributed by atoms with Crippen LogP contribution >= 0.6 is 0 Å². The molecule has 0 atom stereocenters. The lowest BCUT2D eigenvalue weighted by Gasteiger charge is -1.90. The highest BCUT2D eigenvalue weighted by atomic mass is 28.3. The standard InChI is InChI=1S/C7H8O2Si/c1-2-4-7(5-3-1)6-10-8-9-10/h1-5,10H,6H2. The predicted molar refractivity (Wildman–Crippen MR) is 39.5 cm³/mol. The van der Waals surface area contributed by atoms with E-state index in [0.29, 0.717) is 0 Å². The minimum absolute atomic E-state index is 1.00. The molecule has 1 saturated heterocycles. The van der Waals surface area contributed by atoms with Gasteiger partial charge in [0.2, 0.25) is 0 Å². The quantitative estimate of drug-likeness (QED) is 0.358. The van der Waals surface area contributed by atoms with Gasteiger partial charge >= 0.3 is 9.28 Å². The molecule has 1 aromatic carbocycles. The number of hydrogen-bond donors (Lipinski definition) is 0. The van der Waals surface area contributed by atoms with E-state index in [1.54, 1.807) is 0 Å². The van der Waals surface area contributed by atoms with E-state index in [9.17, 15) is 0 Å². The van der Waals surface area contributed by atoms with Gasteiger partial charge in [0, 0.05) is 6.04 Å². The van der Waals surface area contributed by atoms with Crippen molar-refractivity contribution in [3.63, 3.8) is 0 Å². The van der Waals surface area contributed by atoms with Gasteiger partial charge in [-0.15, -0.1) is 0 Å². The highest BCUT2D eigenvalue weighted by molar-refractivity contribution is 6.49. The minimum atomic E-state index is -1.15. The first-order chi connectivity index (χ1) is 4.95. The minimum Gasteiger partial charge on any atom is -0.261 e. The molecular formula is C7H8O2Si. The van der Waals surface area contributed by atoms with Crippen molar-refractivity contribution in [2.24, 2.45) is 0 Å². The first-order valence-corrected chi connectivity index (χ1v) is 5.07. The van der Waals surface area contributed by atoms with E-state index in [-0.39, 0.29) is 0 Å². The molecule has 10 heavy (non-hydrogen) atoms. The van der Waals surface area contributed by atoms with Gasteiger partial charge in [0.1, 0.15) is 0 Å². The fourth-order valence-electron chi connectivity index (χ4n) is 0.914. The van der Waals surface area contributed by atoms with Crippen LogP contribution in [-0.2, 0) is 15.2 Å². The van der Waals surface area contributed by atoms with Gasteiger partial charge in [-0.25, -0.2) is 0 Å². The Morgan fingerprint density at radius 2 is 1.80 bits per heavy atom. The molecule has 0 amide bonds. The summed E-state index contributed by atoms with van der Waals surface area (Å²) in [6.45, 7) is 0. The molecule has 1 aliphatic rings. The van der Waals surface area contributed by atoms with Crippen LogP contribution in [-0.4, -0.2) is 9.28 Å². The molecule has 2 rings (SSSR count). The molecule has 0 N–H and O–H groups in total. The Morgan fingerprint density at radius 3 is 2.40 bits per heavy atom. The predicted octanol–water partition coefficient (Wildman–Crippen LogP) is 0.951. The van der Waals surface area contributed by atoms with E-state index in [4.69, 9.17) is 9.15 Å². The van der Waals surface area contributed by atoms with Crippen molar-refractivity contribution in [2.45, 2.75) is 6.04 Å². The lowest BCUT2D eigenvalue weighted by molar-refractivity contribution is 0.0850. The lowest BCUT2D eigenvalue weighted by Crippen LogP contribution is -1.96. The van der Waals surface area contributed by atoms with Crippen LogP contribution in [0.2, 0.25) is 0 Å². The van der Waals surface area contributed by atoms with Gasteiger partial charge in [0.05, 0.1) is 0 Å². The molecule has 0 unspecified atom stereocenters. The van der Waals surface area contributed by atoms with Crippen LogP contribution in [0.1, 0.15) is 5.56 Å². The van der Waals surface area contributed by atoms with Crippen molar-refractivity contribution in [1.82, 2.24) is 0 Å². The Bertz CT molecular complexity index is 208. The van der Waals surface area contributed by atoms with Crippen LogP contribution in [0.25, 0.3) is 0 Å². The zero-order chi connectivity index (χ0) is 6.81. The fraction of sp³-hybridized carbons (Fsp3) is 0.143. The van der Waals surface area contributed by atoms with E-state index in [1.165, 1.54) is 5.56 Å². The largest absolute Gasteiger partial charge is 0.397 e. The molecule has 1 heterocycles. The average molecular weight is 152 g/mol. The molecule has 1 aliphatic heterocycles. The van der Waals surface area contributed by atoms with Crippen molar-refractivity contribution < 1.29 is 9.15 Å². The highest BCUT2D eigenvalue weighted by Crippen LogP contribution is 2.12. The first kappa shape index (κ1) is 6.09. The molecule has 0 bridgehead atoms. The molecule has 0 saturated carbocycles. The van der Waals surface area contributed by atoms with Crippen molar-refractivity contribution in [3.05, 3.63) is 35.9 Å². The van der Waals surface area contributed by atoms with E-state index in [1.807, 2.05) is 18.2 Å². The summed E-state index contributed by atoms with van der Waals surface area (Å²) >= 11 is 0. The van der Waals surface area contributed by atoms with Crippen LogP contribution in [0.4, 0.5) is 0 Å². The Balaban J connectivity index is 2.03. The Hall–Kier alpha value is -0.643. The maximum atomic E-state index is 4.75. The van der Waals surface area contributed by atoms with Gasteiger partial charge in [-0.1, -0.05) is 30.3 Å². The van der Waals surface area contributed by atoms with Crippen molar-refractivity contribution in [2.75, 3.05) is 0 Å². The van der Waals surface area contributed by atoms with E-state index >= 15 is 0 Å². The summed E-state index contributed by atoms with van der Waals surface area (Å²) in [4.78, 5) is 0. The molecule has 1 fully saturated rings. The second-order valence-corrected chi connectivity index (χ2v) is 3.96. The lowest BCUT2D eigenvalue weighted by atomic mass is 10.2. The molecule has 0 aliphatic carbocycles. The highest BCUT2D eigenvalue weighted by Gasteiger charge is 2.29. The second kappa shape index (κ2) is 2.54. The van der Waals surface area contributed by atoms with Crippen molar-refractivity contribution in [1.29, 1.82) is 0 Å². The van der Waals surface area contributed by atoms with Crippen LogP contribution in [0.5, 0.6) is 0 Å². The molecule has 2 nitrogen and oxygen atoms in total. The topological polar surface area (TPSA) is 25.1 Å². The second-order valence-electron chi connectivity index (χ2n) is 2.31. The van der Waals surface area contributed by atoms with Gasteiger partial charge in [-0.2, -0.15) is 0 Å². The van der Waals surface area contributed by atoms with Crippen LogP contribution in [0.15, 0.2) is 30.3 Å². The van der Waals surface area contributed by atoms with Crippen molar-refractivity contribution in [3.8, 4) is 0 Å². The summed E-state index contributed by atoms with van der Waals surface area (Å²) in [7, 11) is -1.15. The molecule has 0 aromatic heterocycles. The third-order valence-corrected chi connectivity index (χ3v) is 2.75. The van der Waals surface area contributed by atoms with Gasteiger partial charge in [0.25, 0.3) is 0 Å². The first-order valence-electron chi connectivity index (χ1n) is 3.31. The SMILES string of the molecule is c1ccc(C[SiH]2OO2)cc1. The normalized spacial score (nSPS) is 17.2. The fourth-order valence-corrected chi connectivity index (χ4v) is 2.02. The van der Waals surface area contributed by atoms with Gasteiger partial charge < -0.3 is 0 Å². The average Bonchev–Trinajstić information content (AvgIpc) is 2.74. The summed E-state index contributed by atoms with van der Waals surface area (Å²) in [5, 5.41) is 0. The zero-order valence-corrected chi connectivity index (χ0v) is 6.64. The summed E-state index contributed by atoms with van der Waals surface area (Å²) in [6, 6.07) is 11.3. The Labute approximate surface area is 61.2 Å².